The van der Waals surface area contributed by atoms with E-state index in [0.29, 0.717) is 23.6 Å². The van der Waals surface area contributed by atoms with Gasteiger partial charge in [-0.3, -0.25) is 4.79 Å². The van der Waals surface area contributed by atoms with E-state index in [-0.39, 0.29) is 11.9 Å². The van der Waals surface area contributed by atoms with Crippen LogP contribution in [0.3, 0.4) is 0 Å². The van der Waals surface area contributed by atoms with Crippen LogP contribution in [0.15, 0.2) is 35.7 Å². The number of hydrogen-bond acceptors (Lipinski definition) is 4. The normalized spacial score (nSPS) is 11.9. The lowest BCUT2D eigenvalue weighted by Gasteiger charge is -2.13. The Morgan fingerprint density at radius 2 is 2.25 bits per heavy atom. The highest BCUT2D eigenvalue weighted by molar-refractivity contribution is 7.10. The quantitative estimate of drug-likeness (QED) is 0.831. The molecule has 0 fully saturated rings. The maximum atomic E-state index is 12.2. The molecule has 106 valence electrons. The van der Waals surface area contributed by atoms with E-state index in [1.165, 1.54) is 0 Å². The highest BCUT2D eigenvalue weighted by Gasteiger charge is 2.13. The number of hydrogen-bond donors (Lipinski definition) is 2. The summed E-state index contributed by atoms with van der Waals surface area (Å²) in [5.41, 5.74) is 6.88. The molecular formula is C15H18N2O2S. The lowest BCUT2D eigenvalue weighted by molar-refractivity contribution is 0.0940. The van der Waals surface area contributed by atoms with Gasteiger partial charge in [0.2, 0.25) is 0 Å². The second-order valence-electron chi connectivity index (χ2n) is 4.40. The van der Waals surface area contributed by atoms with Crippen LogP contribution < -0.4 is 15.8 Å². The Morgan fingerprint density at radius 1 is 1.45 bits per heavy atom. The van der Waals surface area contributed by atoms with Crippen LogP contribution >= 0.6 is 11.3 Å². The molecule has 0 bridgehead atoms. The minimum Gasteiger partial charge on any atom is -0.492 e. The summed E-state index contributed by atoms with van der Waals surface area (Å²) in [6.07, 6.45) is 0. The third kappa shape index (κ3) is 3.30. The van der Waals surface area contributed by atoms with Crippen LogP contribution in [0.2, 0.25) is 0 Å². The van der Waals surface area contributed by atoms with Gasteiger partial charge in [0.25, 0.3) is 5.91 Å². The number of carbonyl (C=O) groups is 1. The minimum atomic E-state index is -0.138. The Balaban J connectivity index is 2.07. The summed E-state index contributed by atoms with van der Waals surface area (Å²) in [6, 6.07) is 9.04. The smallest absolute Gasteiger partial charge is 0.251 e. The molecule has 1 atom stereocenters. The van der Waals surface area contributed by atoms with Crippen molar-refractivity contribution in [3.05, 3.63) is 46.2 Å². The molecule has 2 aromatic rings. The molecule has 1 unspecified atom stereocenters. The number of rotatable bonds is 5. The molecule has 5 heteroatoms. The first-order valence-corrected chi connectivity index (χ1v) is 7.36. The van der Waals surface area contributed by atoms with Gasteiger partial charge in [0.15, 0.2) is 0 Å². The fourth-order valence-electron chi connectivity index (χ4n) is 1.87. The molecule has 0 saturated heterocycles. The number of nitrogens with two attached hydrogens (primary N) is 1. The van der Waals surface area contributed by atoms with Gasteiger partial charge in [-0.2, -0.15) is 0 Å². The first-order valence-electron chi connectivity index (χ1n) is 6.48. The Morgan fingerprint density at radius 3 is 2.85 bits per heavy atom. The van der Waals surface area contributed by atoms with E-state index in [2.05, 4.69) is 5.32 Å². The fourth-order valence-corrected chi connectivity index (χ4v) is 2.60. The second-order valence-corrected chi connectivity index (χ2v) is 5.38. The zero-order valence-corrected chi connectivity index (χ0v) is 12.4. The van der Waals surface area contributed by atoms with Crippen LogP contribution in [0, 0.1) is 0 Å². The summed E-state index contributed by atoms with van der Waals surface area (Å²) in [4.78, 5) is 13.3. The van der Waals surface area contributed by atoms with Crippen LogP contribution in [0.1, 0.15) is 35.1 Å². The van der Waals surface area contributed by atoms with Crippen molar-refractivity contribution in [3.8, 4) is 5.75 Å². The van der Waals surface area contributed by atoms with Gasteiger partial charge in [0, 0.05) is 10.4 Å². The van der Waals surface area contributed by atoms with Crippen molar-refractivity contribution in [2.45, 2.75) is 19.9 Å². The third-order valence-corrected chi connectivity index (χ3v) is 3.94. The molecule has 1 heterocycles. The number of nitrogens with one attached hydrogen (secondary N) is 1. The van der Waals surface area contributed by atoms with Gasteiger partial charge in [0.05, 0.1) is 18.3 Å². The largest absolute Gasteiger partial charge is 0.492 e. The van der Waals surface area contributed by atoms with E-state index in [1.54, 1.807) is 29.5 Å². The maximum Gasteiger partial charge on any atom is 0.251 e. The molecule has 2 rings (SSSR count). The highest BCUT2D eigenvalue weighted by atomic mass is 32.1. The average Bonchev–Trinajstić information content (AvgIpc) is 2.95. The summed E-state index contributed by atoms with van der Waals surface area (Å²) in [6.45, 7) is 4.40. The van der Waals surface area contributed by atoms with Gasteiger partial charge in [-0.25, -0.2) is 0 Å². The van der Waals surface area contributed by atoms with Crippen molar-refractivity contribution >= 4 is 22.9 Å². The molecule has 0 saturated carbocycles. The molecule has 20 heavy (non-hydrogen) atoms. The number of amides is 1. The monoisotopic (exact) mass is 290 g/mol. The predicted molar refractivity (Wildman–Crippen MR) is 82.2 cm³/mol. The molecule has 1 aromatic carbocycles. The number of carbonyl (C=O) groups excluding carboxylic acids is 1. The maximum absolute atomic E-state index is 12.2. The number of thiophene rings is 1. The molecule has 0 radical (unpaired) electrons. The number of benzene rings is 1. The van der Waals surface area contributed by atoms with E-state index in [0.717, 1.165) is 4.88 Å². The molecule has 0 spiro atoms. The van der Waals surface area contributed by atoms with Crippen LogP contribution in [-0.2, 0) is 0 Å². The molecule has 0 aliphatic carbocycles. The standard InChI is InChI=1S/C15H18N2O2S/c1-3-19-13-7-6-11(9-12(13)16)15(18)17-10(2)14-5-4-8-20-14/h4-10H,3,16H2,1-2H3,(H,17,18). The lowest BCUT2D eigenvalue weighted by Crippen LogP contribution is -2.26. The van der Waals surface area contributed by atoms with Crippen molar-refractivity contribution in [1.82, 2.24) is 5.32 Å². The Kier molecular flexibility index (Phi) is 4.63. The Hall–Kier alpha value is -2.01. The number of ether oxygens (including phenoxy) is 1. The average molecular weight is 290 g/mol. The minimum absolute atomic E-state index is 0.0182. The van der Waals surface area contributed by atoms with Crippen LogP contribution in [0.25, 0.3) is 0 Å². The van der Waals surface area contributed by atoms with Crippen molar-refractivity contribution < 1.29 is 9.53 Å². The third-order valence-electron chi connectivity index (χ3n) is 2.89. The summed E-state index contributed by atoms with van der Waals surface area (Å²) in [5, 5.41) is 4.95. The number of nitrogen functional groups attached to an aromatic ring is 1. The fraction of sp³-hybridized carbons (Fsp3) is 0.267. The number of anilines is 1. The zero-order valence-electron chi connectivity index (χ0n) is 11.6. The molecule has 1 aromatic heterocycles. The van der Waals surface area contributed by atoms with Gasteiger partial charge >= 0.3 is 0 Å². The van der Waals surface area contributed by atoms with Gasteiger partial charge in [0.1, 0.15) is 5.75 Å². The van der Waals surface area contributed by atoms with E-state index in [4.69, 9.17) is 10.5 Å². The van der Waals surface area contributed by atoms with Gasteiger partial charge < -0.3 is 15.8 Å². The van der Waals surface area contributed by atoms with Crippen LogP contribution in [-0.4, -0.2) is 12.5 Å². The van der Waals surface area contributed by atoms with Gasteiger partial charge in [-0.15, -0.1) is 11.3 Å². The second kappa shape index (κ2) is 6.43. The van der Waals surface area contributed by atoms with Crippen LogP contribution in [0.5, 0.6) is 5.75 Å². The molecule has 3 N–H and O–H groups in total. The molecule has 0 aliphatic heterocycles. The van der Waals surface area contributed by atoms with Crippen molar-refractivity contribution in [2.24, 2.45) is 0 Å². The molecule has 1 amide bonds. The van der Waals surface area contributed by atoms with E-state index >= 15 is 0 Å². The van der Waals surface area contributed by atoms with E-state index in [9.17, 15) is 4.79 Å². The summed E-state index contributed by atoms with van der Waals surface area (Å²) in [5.74, 6) is 0.469. The van der Waals surface area contributed by atoms with E-state index < -0.39 is 0 Å². The zero-order chi connectivity index (χ0) is 14.5. The highest BCUT2D eigenvalue weighted by Crippen LogP contribution is 2.23. The van der Waals surface area contributed by atoms with Crippen molar-refractivity contribution in [1.29, 1.82) is 0 Å². The van der Waals surface area contributed by atoms with Crippen molar-refractivity contribution in [2.75, 3.05) is 12.3 Å². The first-order chi connectivity index (χ1) is 9.61. The summed E-state index contributed by atoms with van der Waals surface area (Å²) < 4.78 is 5.36. The Labute approximate surface area is 122 Å². The molecular weight excluding hydrogens is 272 g/mol. The topological polar surface area (TPSA) is 64.3 Å². The Bertz CT molecular complexity index is 582. The lowest BCUT2D eigenvalue weighted by atomic mass is 10.1. The van der Waals surface area contributed by atoms with Gasteiger partial charge in [-0.1, -0.05) is 6.07 Å². The molecule has 0 aliphatic rings. The molecule has 4 nitrogen and oxygen atoms in total. The van der Waals surface area contributed by atoms with Crippen LogP contribution in [0.4, 0.5) is 5.69 Å². The SMILES string of the molecule is CCOc1ccc(C(=O)NC(C)c2cccs2)cc1N. The van der Waals surface area contributed by atoms with Crippen molar-refractivity contribution in [3.63, 3.8) is 0 Å². The summed E-state index contributed by atoms with van der Waals surface area (Å²) in [7, 11) is 0. The predicted octanol–water partition coefficient (Wildman–Crippen LogP) is 3.22. The van der Waals surface area contributed by atoms with E-state index in [1.807, 2.05) is 31.4 Å². The van der Waals surface area contributed by atoms with Gasteiger partial charge in [-0.05, 0) is 43.5 Å². The summed E-state index contributed by atoms with van der Waals surface area (Å²) >= 11 is 1.62. The first kappa shape index (κ1) is 14.4.